The molecule has 22 heavy (non-hydrogen) atoms. The molecule has 1 aliphatic carbocycles. The molecule has 1 saturated carbocycles. The van der Waals surface area contributed by atoms with Crippen molar-refractivity contribution >= 4 is 11.9 Å². The van der Waals surface area contributed by atoms with Crippen molar-refractivity contribution in [2.45, 2.75) is 38.1 Å². The van der Waals surface area contributed by atoms with Crippen molar-refractivity contribution in [1.29, 1.82) is 0 Å². The molecule has 0 aliphatic heterocycles. The molecule has 1 N–H and O–H groups in total. The molecule has 2 aromatic rings. The summed E-state index contributed by atoms with van der Waals surface area (Å²) in [5.74, 6) is -1.33. The van der Waals surface area contributed by atoms with E-state index in [2.05, 4.69) is 15.5 Å². The fourth-order valence-corrected chi connectivity index (χ4v) is 2.83. The average molecular weight is 306 g/mol. The summed E-state index contributed by atoms with van der Waals surface area (Å²) < 4.78 is 28.9. The van der Waals surface area contributed by atoms with Crippen LogP contribution in [0, 0.1) is 11.6 Å². The first-order valence-corrected chi connectivity index (χ1v) is 7.21. The lowest BCUT2D eigenvalue weighted by atomic mass is 9.63. The van der Waals surface area contributed by atoms with Crippen LogP contribution in [0.5, 0.6) is 0 Å². The van der Waals surface area contributed by atoms with Gasteiger partial charge < -0.3 is 4.57 Å². The van der Waals surface area contributed by atoms with Gasteiger partial charge in [0.2, 0.25) is 11.9 Å². The van der Waals surface area contributed by atoms with E-state index in [1.54, 1.807) is 4.57 Å². The molecule has 0 unspecified atom stereocenters. The Morgan fingerprint density at radius 1 is 1.41 bits per heavy atom. The van der Waals surface area contributed by atoms with Gasteiger partial charge in [-0.2, -0.15) is 0 Å². The number of carbonyl (C=O) groups is 1. The first-order chi connectivity index (χ1) is 10.6. The fraction of sp³-hybridized carbons (Fsp3) is 0.400. The first-order valence-electron chi connectivity index (χ1n) is 7.21. The van der Waals surface area contributed by atoms with E-state index in [4.69, 9.17) is 0 Å². The van der Waals surface area contributed by atoms with Gasteiger partial charge in [-0.05, 0) is 25.8 Å². The molecule has 0 bridgehead atoms. The minimum atomic E-state index is -0.956. The number of carbonyl (C=O) groups excluding carboxylic acids is 1. The molecule has 1 aromatic carbocycles. The van der Waals surface area contributed by atoms with Gasteiger partial charge in [0.05, 0.1) is 5.41 Å². The zero-order valence-corrected chi connectivity index (χ0v) is 12.1. The van der Waals surface area contributed by atoms with Crippen molar-refractivity contribution in [3.63, 3.8) is 0 Å². The number of benzene rings is 1. The third-order valence-corrected chi connectivity index (χ3v) is 4.27. The van der Waals surface area contributed by atoms with Crippen molar-refractivity contribution in [2.75, 3.05) is 5.32 Å². The van der Waals surface area contributed by atoms with Gasteiger partial charge in [0.15, 0.2) is 0 Å². The molecule has 0 saturated heterocycles. The monoisotopic (exact) mass is 306 g/mol. The molecule has 0 atom stereocenters. The molecule has 1 aliphatic rings. The van der Waals surface area contributed by atoms with Crippen LogP contribution in [0.25, 0.3) is 0 Å². The Hall–Kier alpha value is -2.31. The number of hydrogen-bond donors (Lipinski definition) is 1. The van der Waals surface area contributed by atoms with Crippen molar-refractivity contribution in [1.82, 2.24) is 14.8 Å². The summed E-state index contributed by atoms with van der Waals surface area (Å²) in [5, 5.41) is 10.3. The third kappa shape index (κ3) is 2.26. The molecule has 1 amide bonds. The number of aromatic nitrogens is 3. The molecule has 1 aromatic heterocycles. The van der Waals surface area contributed by atoms with Crippen molar-refractivity contribution in [3.05, 3.63) is 41.7 Å². The zero-order valence-electron chi connectivity index (χ0n) is 12.1. The van der Waals surface area contributed by atoms with Crippen molar-refractivity contribution < 1.29 is 13.6 Å². The number of nitrogens with one attached hydrogen (secondary N) is 1. The highest BCUT2D eigenvalue weighted by molar-refractivity contribution is 5.98. The highest BCUT2D eigenvalue weighted by atomic mass is 19.1. The van der Waals surface area contributed by atoms with Crippen LogP contribution in [0.2, 0.25) is 0 Å². The van der Waals surface area contributed by atoms with E-state index in [1.165, 1.54) is 18.5 Å². The molecule has 7 heteroatoms. The lowest BCUT2D eigenvalue weighted by Gasteiger charge is -2.40. The minimum absolute atomic E-state index is 0.236. The maximum absolute atomic E-state index is 14.1. The molecule has 116 valence electrons. The number of nitrogens with zero attached hydrogens (tertiary/aromatic N) is 3. The van der Waals surface area contributed by atoms with Crippen LogP contribution in [-0.4, -0.2) is 20.7 Å². The predicted molar refractivity (Wildman–Crippen MR) is 76.2 cm³/mol. The van der Waals surface area contributed by atoms with E-state index in [-0.39, 0.29) is 11.5 Å². The van der Waals surface area contributed by atoms with E-state index in [1.807, 2.05) is 6.92 Å². The lowest BCUT2D eigenvalue weighted by Crippen LogP contribution is -2.47. The van der Waals surface area contributed by atoms with E-state index in [9.17, 15) is 13.6 Å². The Labute approximate surface area is 126 Å². The second-order valence-electron chi connectivity index (χ2n) is 5.45. The van der Waals surface area contributed by atoms with Crippen LogP contribution in [0.15, 0.2) is 24.5 Å². The van der Waals surface area contributed by atoms with E-state index < -0.39 is 17.0 Å². The normalized spacial score (nSPS) is 16.1. The topological polar surface area (TPSA) is 59.8 Å². The SMILES string of the molecule is CCn1cnnc1NC(=O)C1(c2ccc(F)cc2F)CCC1. The first kappa shape index (κ1) is 14.6. The average Bonchev–Trinajstić information content (AvgIpc) is 2.87. The smallest absolute Gasteiger partial charge is 0.237 e. The molecular formula is C15H16F2N4O. The third-order valence-electron chi connectivity index (χ3n) is 4.27. The van der Waals surface area contributed by atoms with E-state index >= 15 is 0 Å². The maximum atomic E-state index is 14.1. The van der Waals surface area contributed by atoms with Gasteiger partial charge in [-0.1, -0.05) is 12.5 Å². The zero-order chi connectivity index (χ0) is 15.7. The molecule has 3 rings (SSSR count). The van der Waals surface area contributed by atoms with Crippen LogP contribution in [0.4, 0.5) is 14.7 Å². The number of hydrogen-bond acceptors (Lipinski definition) is 3. The van der Waals surface area contributed by atoms with Crippen molar-refractivity contribution in [3.8, 4) is 0 Å². The number of rotatable bonds is 4. The second kappa shape index (κ2) is 5.47. The van der Waals surface area contributed by atoms with Gasteiger partial charge >= 0.3 is 0 Å². The molecule has 0 radical (unpaired) electrons. The standard InChI is InChI=1S/C15H16F2N4O/c1-2-21-9-18-20-14(21)19-13(22)15(6-3-7-15)11-5-4-10(16)8-12(11)17/h4-5,8-9H,2-3,6-7H2,1H3,(H,19,20,22). The van der Waals surface area contributed by atoms with Gasteiger partial charge in [0, 0.05) is 18.2 Å². The lowest BCUT2D eigenvalue weighted by molar-refractivity contribution is -0.124. The Morgan fingerprint density at radius 2 is 2.18 bits per heavy atom. The summed E-state index contributed by atoms with van der Waals surface area (Å²) in [6.07, 6.45) is 3.40. The summed E-state index contributed by atoms with van der Waals surface area (Å²) in [4.78, 5) is 12.7. The Bertz CT molecular complexity index is 709. The van der Waals surface area contributed by atoms with E-state index in [0.717, 1.165) is 12.5 Å². The van der Waals surface area contributed by atoms with Crippen LogP contribution in [0.1, 0.15) is 31.7 Å². The van der Waals surface area contributed by atoms with Gasteiger partial charge in [0.25, 0.3) is 0 Å². The summed E-state index contributed by atoms with van der Waals surface area (Å²) in [6, 6.07) is 3.35. The van der Waals surface area contributed by atoms with Crippen LogP contribution in [-0.2, 0) is 16.8 Å². The van der Waals surface area contributed by atoms with Gasteiger partial charge in [-0.15, -0.1) is 10.2 Å². The van der Waals surface area contributed by atoms with Gasteiger partial charge in [-0.25, -0.2) is 8.78 Å². The predicted octanol–water partition coefficient (Wildman–Crippen LogP) is 2.64. The molecule has 1 fully saturated rings. The largest absolute Gasteiger partial charge is 0.300 e. The fourth-order valence-electron chi connectivity index (χ4n) is 2.83. The number of aryl methyl sites for hydroxylation is 1. The molecular weight excluding hydrogens is 290 g/mol. The van der Waals surface area contributed by atoms with Crippen LogP contribution < -0.4 is 5.32 Å². The summed E-state index contributed by atoms with van der Waals surface area (Å²) in [6.45, 7) is 2.51. The highest BCUT2D eigenvalue weighted by Gasteiger charge is 2.47. The number of amides is 1. The molecule has 1 heterocycles. The molecule has 0 spiro atoms. The second-order valence-corrected chi connectivity index (χ2v) is 5.45. The maximum Gasteiger partial charge on any atom is 0.237 e. The Balaban J connectivity index is 1.91. The van der Waals surface area contributed by atoms with E-state index in [0.29, 0.717) is 25.3 Å². The number of halogens is 2. The highest BCUT2D eigenvalue weighted by Crippen LogP contribution is 2.45. The summed E-state index contributed by atoms with van der Waals surface area (Å²) >= 11 is 0. The molecule has 5 nitrogen and oxygen atoms in total. The summed E-state index contributed by atoms with van der Waals surface area (Å²) in [5.41, 5.74) is -0.720. The van der Waals surface area contributed by atoms with Crippen molar-refractivity contribution in [2.24, 2.45) is 0 Å². The Morgan fingerprint density at radius 3 is 2.77 bits per heavy atom. The summed E-state index contributed by atoms with van der Waals surface area (Å²) in [7, 11) is 0. The van der Waals surface area contributed by atoms with Gasteiger partial charge in [0.1, 0.15) is 18.0 Å². The van der Waals surface area contributed by atoms with Gasteiger partial charge in [-0.3, -0.25) is 10.1 Å². The van der Waals surface area contributed by atoms with Crippen LogP contribution >= 0.6 is 0 Å². The Kier molecular flexibility index (Phi) is 3.64. The van der Waals surface area contributed by atoms with Crippen LogP contribution in [0.3, 0.4) is 0 Å². The quantitative estimate of drug-likeness (QED) is 0.944. The minimum Gasteiger partial charge on any atom is -0.300 e. The number of anilines is 1.